The molecule has 3 rings (SSSR count). The van der Waals surface area contributed by atoms with E-state index in [4.69, 9.17) is 0 Å². The van der Waals surface area contributed by atoms with Crippen LogP contribution in [-0.2, 0) is 6.54 Å². The Hall–Kier alpha value is -2.02. The third-order valence-corrected chi connectivity index (χ3v) is 4.97. The quantitative estimate of drug-likeness (QED) is 0.687. The average molecular weight is 344 g/mol. The Morgan fingerprint density at radius 1 is 1.25 bits per heavy atom. The van der Waals surface area contributed by atoms with Gasteiger partial charge in [0.15, 0.2) is 0 Å². The Balaban J connectivity index is 1.65. The molecule has 0 aliphatic rings. The molecule has 0 spiro atoms. The largest absolute Gasteiger partial charge is 0.311 e. The van der Waals surface area contributed by atoms with Crippen LogP contribution in [-0.4, -0.2) is 35.7 Å². The first kappa shape index (κ1) is 16.8. The maximum atomic E-state index is 13.1. The molecule has 3 aromatic rings. The van der Waals surface area contributed by atoms with E-state index in [0.29, 0.717) is 12.6 Å². The summed E-state index contributed by atoms with van der Waals surface area (Å²) in [5.41, 5.74) is 2.94. The second-order valence-electron chi connectivity index (χ2n) is 5.90. The summed E-state index contributed by atoms with van der Waals surface area (Å²) in [7, 11) is 4.18. The summed E-state index contributed by atoms with van der Waals surface area (Å²) in [6, 6.07) is 11.0. The number of halogens is 1. The molecule has 2 heterocycles. The number of benzene rings is 1. The zero-order valence-electron chi connectivity index (χ0n) is 13.8. The summed E-state index contributed by atoms with van der Waals surface area (Å²) in [5.74, 6) is -0.234. The van der Waals surface area contributed by atoms with Crippen LogP contribution in [0.5, 0.6) is 0 Å². The fourth-order valence-electron chi connectivity index (χ4n) is 2.67. The van der Waals surface area contributed by atoms with Crippen LogP contribution >= 0.6 is 11.3 Å². The summed E-state index contributed by atoms with van der Waals surface area (Å²) in [6.07, 6.45) is 1.82. The number of hydrogen-bond donors (Lipinski definition) is 2. The second-order valence-corrected chi connectivity index (χ2v) is 6.88. The number of rotatable bonds is 7. The number of aromatic nitrogens is 2. The van der Waals surface area contributed by atoms with E-state index in [1.807, 2.05) is 6.20 Å². The highest BCUT2D eigenvalue weighted by atomic mass is 32.1. The molecular weight excluding hydrogens is 323 g/mol. The Morgan fingerprint density at radius 3 is 2.71 bits per heavy atom. The van der Waals surface area contributed by atoms with E-state index < -0.39 is 0 Å². The van der Waals surface area contributed by atoms with Crippen molar-refractivity contribution in [3.8, 4) is 11.3 Å². The third kappa shape index (κ3) is 3.90. The van der Waals surface area contributed by atoms with E-state index >= 15 is 0 Å². The molecule has 126 valence electrons. The van der Waals surface area contributed by atoms with Crippen LogP contribution in [0.1, 0.15) is 16.5 Å². The zero-order chi connectivity index (χ0) is 16.9. The van der Waals surface area contributed by atoms with Gasteiger partial charge in [0.2, 0.25) is 0 Å². The van der Waals surface area contributed by atoms with Gasteiger partial charge in [0, 0.05) is 29.1 Å². The minimum Gasteiger partial charge on any atom is -0.311 e. The summed E-state index contributed by atoms with van der Waals surface area (Å²) >= 11 is 1.77. The molecule has 2 N–H and O–H groups in total. The normalized spacial score (nSPS) is 12.7. The van der Waals surface area contributed by atoms with Crippen LogP contribution in [0.4, 0.5) is 4.39 Å². The molecule has 0 fully saturated rings. The van der Waals surface area contributed by atoms with Crippen molar-refractivity contribution in [3.63, 3.8) is 0 Å². The first-order chi connectivity index (χ1) is 11.6. The molecule has 1 atom stereocenters. The highest BCUT2D eigenvalue weighted by Gasteiger charge is 2.15. The third-order valence-electron chi connectivity index (χ3n) is 4.00. The van der Waals surface area contributed by atoms with Crippen LogP contribution in [0.15, 0.2) is 48.0 Å². The lowest BCUT2D eigenvalue weighted by atomic mass is 10.1. The molecule has 2 aromatic heterocycles. The van der Waals surface area contributed by atoms with E-state index in [-0.39, 0.29) is 5.82 Å². The van der Waals surface area contributed by atoms with Crippen molar-refractivity contribution in [2.75, 3.05) is 20.6 Å². The molecule has 4 nitrogen and oxygen atoms in total. The van der Waals surface area contributed by atoms with Crippen LogP contribution < -0.4 is 5.32 Å². The number of hydrogen-bond acceptors (Lipinski definition) is 4. The van der Waals surface area contributed by atoms with E-state index in [2.05, 4.69) is 52.0 Å². The highest BCUT2D eigenvalue weighted by molar-refractivity contribution is 7.10. The molecule has 1 aromatic carbocycles. The van der Waals surface area contributed by atoms with E-state index in [9.17, 15) is 4.39 Å². The van der Waals surface area contributed by atoms with Crippen LogP contribution in [0, 0.1) is 5.82 Å². The van der Waals surface area contributed by atoms with E-state index in [1.54, 1.807) is 23.5 Å². The van der Waals surface area contributed by atoms with E-state index in [0.717, 1.165) is 23.4 Å². The molecular formula is C18H21FN4S. The summed E-state index contributed by atoms with van der Waals surface area (Å²) < 4.78 is 13.1. The van der Waals surface area contributed by atoms with Gasteiger partial charge >= 0.3 is 0 Å². The van der Waals surface area contributed by atoms with Crippen molar-refractivity contribution in [1.29, 1.82) is 0 Å². The van der Waals surface area contributed by atoms with Gasteiger partial charge in [-0.25, -0.2) is 4.39 Å². The van der Waals surface area contributed by atoms with Gasteiger partial charge in [0.25, 0.3) is 0 Å². The van der Waals surface area contributed by atoms with Gasteiger partial charge in [-0.1, -0.05) is 6.07 Å². The number of H-pyrrole nitrogens is 1. The van der Waals surface area contributed by atoms with Crippen molar-refractivity contribution < 1.29 is 4.39 Å². The molecule has 0 radical (unpaired) electrons. The predicted octanol–water partition coefficient (Wildman–Crippen LogP) is 3.67. The Labute approximate surface area is 145 Å². The molecule has 6 heteroatoms. The standard InChI is InChI=1S/C18H21FN4S/c1-23(2)16(17-4-3-9-24-17)12-20-10-14-11-21-22-18(14)13-5-7-15(19)8-6-13/h3-9,11,16,20H,10,12H2,1-2H3,(H,21,22)/t16-/m1/s1. The predicted molar refractivity (Wildman–Crippen MR) is 96.4 cm³/mol. The lowest BCUT2D eigenvalue weighted by Crippen LogP contribution is -2.30. The fourth-order valence-corrected chi connectivity index (χ4v) is 3.60. The minimum absolute atomic E-state index is 0.234. The molecule has 24 heavy (non-hydrogen) atoms. The Kier molecular flexibility index (Phi) is 5.40. The number of nitrogens with one attached hydrogen (secondary N) is 2. The molecule has 0 saturated heterocycles. The number of nitrogens with zero attached hydrogens (tertiary/aromatic N) is 2. The average Bonchev–Trinajstić information content (AvgIpc) is 3.23. The van der Waals surface area contributed by atoms with Crippen molar-refractivity contribution in [3.05, 3.63) is 64.2 Å². The highest BCUT2D eigenvalue weighted by Crippen LogP contribution is 2.24. The van der Waals surface area contributed by atoms with Gasteiger partial charge in [0.1, 0.15) is 5.82 Å². The van der Waals surface area contributed by atoms with Crippen LogP contribution in [0.25, 0.3) is 11.3 Å². The van der Waals surface area contributed by atoms with Gasteiger partial charge in [-0.2, -0.15) is 5.10 Å². The summed E-state index contributed by atoms with van der Waals surface area (Å²) in [5, 5.41) is 12.8. The summed E-state index contributed by atoms with van der Waals surface area (Å²) in [6.45, 7) is 1.56. The van der Waals surface area contributed by atoms with Crippen LogP contribution in [0.3, 0.4) is 0 Å². The lowest BCUT2D eigenvalue weighted by Gasteiger charge is -2.23. The molecule has 0 bridgehead atoms. The topological polar surface area (TPSA) is 44.0 Å². The van der Waals surface area contributed by atoms with Crippen molar-refractivity contribution in [1.82, 2.24) is 20.4 Å². The molecule has 0 aliphatic carbocycles. The fraction of sp³-hybridized carbons (Fsp3) is 0.278. The van der Waals surface area contributed by atoms with Gasteiger partial charge < -0.3 is 10.2 Å². The second kappa shape index (κ2) is 7.70. The first-order valence-corrected chi connectivity index (χ1v) is 8.72. The van der Waals surface area contributed by atoms with Crippen LogP contribution in [0.2, 0.25) is 0 Å². The first-order valence-electron chi connectivity index (χ1n) is 7.84. The van der Waals surface area contributed by atoms with E-state index in [1.165, 1.54) is 17.0 Å². The molecule has 0 saturated carbocycles. The number of aromatic amines is 1. The maximum Gasteiger partial charge on any atom is 0.123 e. The van der Waals surface area contributed by atoms with Crippen molar-refractivity contribution in [2.45, 2.75) is 12.6 Å². The van der Waals surface area contributed by atoms with Gasteiger partial charge in [-0.15, -0.1) is 11.3 Å². The molecule has 0 amide bonds. The van der Waals surface area contributed by atoms with Gasteiger partial charge in [0.05, 0.1) is 17.9 Å². The van der Waals surface area contributed by atoms with Crippen molar-refractivity contribution >= 4 is 11.3 Å². The molecule has 0 unspecified atom stereocenters. The van der Waals surface area contributed by atoms with Gasteiger partial charge in [-0.3, -0.25) is 5.10 Å². The smallest absolute Gasteiger partial charge is 0.123 e. The monoisotopic (exact) mass is 344 g/mol. The Morgan fingerprint density at radius 2 is 2.04 bits per heavy atom. The Bertz CT molecular complexity index is 750. The lowest BCUT2D eigenvalue weighted by molar-refractivity contribution is 0.292. The zero-order valence-corrected chi connectivity index (χ0v) is 14.6. The maximum absolute atomic E-state index is 13.1. The molecule has 0 aliphatic heterocycles. The number of likely N-dealkylation sites (N-methyl/N-ethyl adjacent to an activating group) is 1. The van der Waals surface area contributed by atoms with Gasteiger partial charge in [-0.05, 0) is 49.8 Å². The minimum atomic E-state index is -0.234. The summed E-state index contributed by atoms with van der Waals surface area (Å²) in [4.78, 5) is 3.56. The van der Waals surface area contributed by atoms with Crippen molar-refractivity contribution in [2.24, 2.45) is 0 Å². The number of thiophene rings is 1. The SMILES string of the molecule is CN(C)[C@H](CNCc1cn[nH]c1-c1ccc(F)cc1)c1cccs1.